The fraction of sp³-hybridized carbons (Fsp3) is 0.667. The molecule has 19 heavy (non-hydrogen) atoms. The van der Waals surface area contributed by atoms with Crippen LogP contribution in [0, 0.1) is 17.8 Å². The minimum absolute atomic E-state index is 0.167. The molecular formula is C15H23N3O. The van der Waals surface area contributed by atoms with E-state index in [0.717, 1.165) is 23.1 Å². The number of aromatic nitrogens is 1. The van der Waals surface area contributed by atoms with Crippen molar-refractivity contribution in [2.75, 3.05) is 0 Å². The second kappa shape index (κ2) is 5.10. The summed E-state index contributed by atoms with van der Waals surface area (Å²) in [4.78, 5) is 4.29. The number of hydrogen-bond acceptors (Lipinski definition) is 4. The third-order valence-electron chi connectivity index (χ3n) is 4.40. The highest BCUT2D eigenvalue weighted by atomic mass is 16.5. The zero-order valence-corrected chi connectivity index (χ0v) is 11.7. The Morgan fingerprint density at radius 2 is 2.00 bits per heavy atom. The number of ether oxygens (including phenoxy) is 1. The van der Waals surface area contributed by atoms with E-state index in [9.17, 15) is 0 Å². The number of hydrogen-bond donors (Lipinski definition) is 2. The van der Waals surface area contributed by atoms with Gasteiger partial charge in [0.1, 0.15) is 5.75 Å². The molecule has 2 aliphatic rings. The highest BCUT2D eigenvalue weighted by molar-refractivity contribution is 5.27. The van der Waals surface area contributed by atoms with Crippen LogP contribution in [-0.2, 0) is 0 Å². The van der Waals surface area contributed by atoms with Crippen LogP contribution in [-0.4, -0.2) is 11.1 Å². The molecular weight excluding hydrogens is 238 g/mol. The van der Waals surface area contributed by atoms with Crippen LogP contribution in [0.15, 0.2) is 18.5 Å². The van der Waals surface area contributed by atoms with Crippen molar-refractivity contribution in [3.8, 4) is 5.75 Å². The van der Waals surface area contributed by atoms with Gasteiger partial charge >= 0.3 is 0 Å². The van der Waals surface area contributed by atoms with Crippen LogP contribution in [0.25, 0.3) is 0 Å². The van der Waals surface area contributed by atoms with Crippen molar-refractivity contribution in [3.05, 3.63) is 24.0 Å². The lowest BCUT2D eigenvalue weighted by atomic mass is 9.90. The molecule has 4 nitrogen and oxygen atoms in total. The van der Waals surface area contributed by atoms with Crippen LogP contribution in [0.4, 0.5) is 0 Å². The second-order valence-electron chi connectivity index (χ2n) is 6.25. The number of fused-ring (bicyclic) bond motifs is 1. The Morgan fingerprint density at radius 3 is 2.63 bits per heavy atom. The fourth-order valence-electron chi connectivity index (χ4n) is 3.48. The number of nitrogens with one attached hydrogen (secondary N) is 1. The molecule has 0 aliphatic heterocycles. The van der Waals surface area contributed by atoms with E-state index in [0.29, 0.717) is 5.92 Å². The molecule has 4 heteroatoms. The molecule has 0 bridgehead atoms. The summed E-state index contributed by atoms with van der Waals surface area (Å²) in [5.74, 6) is 9.17. The van der Waals surface area contributed by atoms with Gasteiger partial charge in [0.25, 0.3) is 0 Å². The topological polar surface area (TPSA) is 60.2 Å². The first-order valence-corrected chi connectivity index (χ1v) is 7.25. The number of rotatable bonds is 5. The maximum Gasteiger partial charge on any atom is 0.138 e. The minimum atomic E-state index is 0.167. The maximum absolute atomic E-state index is 5.78. The van der Waals surface area contributed by atoms with Crippen LogP contribution in [0.3, 0.4) is 0 Å². The molecule has 0 spiro atoms. The summed E-state index contributed by atoms with van der Waals surface area (Å²) in [7, 11) is 0. The summed E-state index contributed by atoms with van der Waals surface area (Å²) in [5, 5.41) is 0. The van der Waals surface area contributed by atoms with Crippen LogP contribution < -0.4 is 16.0 Å². The lowest BCUT2D eigenvalue weighted by Gasteiger charge is -2.24. The van der Waals surface area contributed by atoms with E-state index in [1.807, 2.05) is 20.0 Å². The zero-order chi connectivity index (χ0) is 13.4. The quantitative estimate of drug-likeness (QED) is 0.631. The number of hydrazine groups is 1. The van der Waals surface area contributed by atoms with Crippen molar-refractivity contribution in [2.45, 2.75) is 45.3 Å². The molecule has 3 unspecified atom stereocenters. The van der Waals surface area contributed by atoms with E-state index in [4.69, 9.17) is 10.6 Å². The standard InChI is InChI=1S/C15H23N3O/c1-9(2)19-14-6-13(7-17-8-14)15(18-16)12-4-10-3-11(10)5-12/h6-12,15,18H,3-5,16H2,1-2H3. The van der Waals surface area contributed by atoms with E-state index in [2.05, 4.69) is 16.5 Å². The monoisotopic (exact) mass is 261 g/mol. The molecule has 2 saturated carbocycles. The Bertz CT molecular complexity index is 439. The number of nitrogens with zero attached hydrogens (tertiary/aromatic N) is 1. The normalized spacial score (nSPS) is 30.2. The summed E-state index contributed by atoms with van der Waals surface area (Å²) in [6, 6.07) is 2.28. The summed E-state index contributed by atoms with van der Waals surface area (Å²) in [6.07, 6.45) is 7.87. The first kappa shape index (κ1) is 12.9. The van der Waals surface area contributed by atoms with Crippen molar-refractivity contribution in [1.29, 1.82) is 0 Å². The lowest BCUT2D eigenvalue weighted by molar-refractivity contribution is 0.240. The van der Waals surface area contributed by atoms with Crippen molar-refractivity contribution < 1.29 is 4.74 Å². The molecule has 3 rings (SSSR count). The molecule has 3 atom stereocenters. The predicted octanol–water partition coefficient (Wildman–Crippen LogP) is 2.42. The third-order valence-corrected chi connectivity index (χ3v) is 4.40. The van der Waals surface area contributed by atoms with Gasteiger partial charge in [0.2, 0.25) is 0 Å². The van der Waals surface area contributed by atoms with E-state index in [1.165, 1.54) is 19.3 Å². The average molecular weight is 261 g/mol. The Balaban J connectivity index is 1.74. The van der Waals surface area contributed by atoms with Gasteiger partial charge in [-0.25, -0.2) is 0 Å². The van der Waals surface area contributed by atoms with Crippen LogP contribution in [0.1, 0.15) is 44.7 Å². The zero-order valence-electron chi connectivity index (χ0n) is 11.7. The summed E-state index contributed by atoms with van der Waals surface area (Å²) in [5.41, 5.74) is 4.13. The maximum atomic E-state index is 5.78. The SMILES string of the molecule is CC(C)Oc1cncc(C(NN)C2CC3CC3C2)c1. The van der Waals surface area contributed by atoms with E-state index in [1.54, 1.807) is 6.20 Å². The molecule has 3 N–H and O–H groups in total. The molecule has 2 aliphatic carbocycles. The van der Waals surface area contributed by atoms with Gasteiger partial charge in [-0.15, -0.1) is 0 Å². The smallest absolute Gasteiger partial charge is 0.138 e. The molecule has 1 aromatic rings. The van der Waals surface area contributed by atoms with Gasteiger partial charge in [-0.05, 0) is 62.5 Å². The van der Waals surface area contributed by atoms with Crippen molar-refractivity contribution >= 4 is 0 Å². The van der Waals surface area contributed by atoms with Gasteiger partial charge in [0, 0.05) is 6.20 Å². The molecule has 1 aromatic heterocycles. The molecule has 0 radical (unpaired) electrons. The molecule has 0 aromatic carbocycles. The fourth-order valence-corrected chi connectivity index (χ4v) is 3.48. The Morgan fingerprint density at radius 1 is 1.26 bits per heavy atom. The van der Waals surface area contributed by atoms with Crippen molar-refractivity contribution in [1.82, 2.24) is 10.4 Å². The molecule has 104 valence electrons. The molecule has 0 saturated heterocycles. The Labute approximate surface area is 114 Å². The largest absolute Gasteiger partial charge is 0.489 e. The van der Waals surface area contributed by atoms with Gasteiger partial charge in [0.05, 0.1) is 18.3 Å². The number of nitrogens with two attached hydrogens (primary N) is 1. The van der Waals surface area contributed by atoms with Gasteiger partial charge in [-0.1, -0.05) is 0 Å². The minimum Gasteiger partial charge on any atom is -0.489 e. The lowest BCUT2D eigenvalue weighted by Crippen LogP contribution is -2.33. The summed E-state index contributed by atoms with van der Waals surface area (Å²) >= 11 is 0. The Kier molecular flexibility index (Phi) is 3.46. The van der Waals surface area contributed by atoms with Gasteiger partial charge in [-0.2, -0.15) is 0 Å². The first-order chi connectivity index (χ1) is 9.17. The van der Waals surface area contributed by atoms with E-state index >= 15 is 0 Å². The third kappa shape index (κ3) is 2.74. The second-order valence-corrected chi connectivity index (χ2v) is 6.25. The van der Waals surface area contributed by atoms with Crippen molar-refractivity contribution in [2.24, 2.45) is 23.6 Å². The van der Waals surface area contributed by atoms with Gasteiger partial charge in [0.15, 0.2) is 0 Å². The number of pyridine rings is 1. The van der Waals surface area contributed by atoms with E-state index in [-0.39, 0.29) is 12.1 Å². The first-order valence-electron chi connectivity index (χ1n) is 7.25. The van der Waals surface area contributed by atoms with Gasteiger partial charge < -0.3 is 4.74 Å². The summed E-state index contributed by atoms with van der Waals surface area (Å²) in [6.45, 7) is 4.05. The Hall–Kier alpha value is -1.13. The molecule has 0 amide bonds. The highest BCUT2D eigenvalue weighted by Gasteiger charge is 2.48. The van der Waals surface area contributed by atoms with Gasteiger partial charge in [-0.3, -0.25) is 16.3 Å². The summed E-state index contributed by atoms with van der Waals surface area (Å²) < 4.78 is 5.71. The molecule has 2 fully saturated rings. The van der Waals surface area contributed by atoms with Crippen LogP contribution >= 0.6 is 0 Å². The average Bonchev–Trinajstić information content (AvgIpc) is 2.97. The van der Waals surface area contributed by atoms with Crippen molar-refractivity contribution in [3.63, 3.8) is 0 Å². The predicted molar refractivity (Wildman–Crippen MR) is 74.4 cm³/mol. The molecule has 1 heterocycles. The van der Waals surface area contributed by atoms with Crippen LogP contribution in [0.5, 0.6) is 5.75 Å². The van der Waals surface area contributed by atoms with E-state index < -0.39 is 0 Å². The highest BCUT2D eigenvalue weighted by Crippen LogP contribution is 2.57. The van der Waals surface area contributed by atoms with Crippen LogP contribution in [0.2, 0.25) is 0 Å².